The van der Waals surface area contributed by atoms with Crippen molar-refractivity contribution < 1.29 is 14.3 Å². The third kappa shape index (κ3) is 3.18. The number of benzene rings is 2. The van der Waals surface area contributed by atoms with Crippen LogP contribution < -0.4 is 10.1 Å². The summed E-state index contributed by atoms with van der Waals surface area (Å²) < 4.78 is 5.31. The van der Waals surface area contributed by atoms with Crippen LogP contribution >= 0.6 is 11.3 Å². The number of fused-ring (bicyclic) bond motifs is 1. The number of aromatic nitrogens is 3. The fourth-order valence-electron chi connectivity index (χ4n) is 2.74. The molecular formula is C19H14N4O3S. The minimum Gasteiger partial charge on any atom is -0.496 e. The number of rotatable bonds is 5. The van der Waals surface area contributed by atoms with E-state index in [4.69, 9.17) is 4.74 Å². The van der Waals surface area contributed by atoms with Crippen LogP contribution in [0.5, 0.6) is 5.75 Å². The van der Waals surface area contributed by atoms with E-state index in [2.05, 4.69) is 20.5 Å². The van der Waals surface area contributed by atoms with Gasteiger partial charge in [0, 0.05) is 17.1 Å². The molecule has 2 N–H and O–H groups in total. The maximum Gasteiger partial charge on any atom is 0.298 e. The van der Waals surface area contributed by atoms with Crippen LogP contribution in [0.2, 0.25) is 0 Å². The maximum atomic E-state index is 12.5. The van der Waals surface area contributed by atoms with E-state index < -0.39 is 11.7 Å². The molecular weight excluding hydrogens is 364 g/mol. The minimum atomic E-state index is -0.762. The number of H-pyrrole nitrogens is 1. The van der Waals surface area contributed by atoms with Crippen LogP contribution in [0.4, 0.5) is 5.13 Å². The van der Waals surface area contributed by atoms with Crippen LogP contribution in [0.1, 0.15) is 10.4 Å². The number of hydrogen-bond acceptors (Lipinski definition) is 6. The Kier molecular flexibility index (Phi) is 4.39. The van der Waals surface area contributed by atoms with Gasteiger partial charge < -0.3 is 9.72 Å². The number of nitrogens with one attached hydrogen (secondary N) is 2. The second-order valence-corrected chi connectivity index (χ2v) is 6.62. The Hall–Kier alpha value is -3.52. The molecule has 0 bridgehead atoms. The van der Waals surface area contributed by atoms with Crippen molar-refractivity contribution in [2.45, 2.75) is 0 Å². The number of amides is 1. The predicted octanol–water partition coefficient (Wildman–Crippen LogP) is 3.52. The SMILES string of the molecule is COc1ccccc1-c1nnc(NC(=O)C(=O)c2c[nH]c3ccccc23)s1. The number of carbonyl (C=O) groups is 2. The van der Waals surface area contributed by atoms with Gasteiger partial charge in [-0.15, -0.1) is 10.2 Å². The molecule has 0 saturated carbocycles. The van der Waals surface area contributed by atoms with Crippen LogP contribution in [0, 0.1) is 0 Å². The molecule has 0 fully saturated rings. The second-order valence-electron chi connectivity index (χ2n) is 5.64. The normalized spacial score (nSPS) is 10.7. The molecule has 1 amide bonds. The van der Waals surface area contributed by atoms with Crippen molar-refractivity contribution in [2.24, 2.45) is 0 Å². The number of para-hydroxylation sites is 2. The van der Waals surface area contributed by atoms with Gasteiger partial charge in [-0.3, -0.25) is 14.9 Å². The van der Waals surface area contributed by atoms with Crippen molar-refractivity contribution >= 4 is 39.1 Å². The fourth-order valence-corrected chi connectivity index (χ4v) is 3.51. The van der Waals surface area contributed by atoms with Crippen molar-refractivity contribution in [1.82, 2.24) is 15.2 Å². The summed E-state index contributed by atoms with van der Waals surface area (Å²) in [6, 6.07) is 14.7. The fraction of sp³-hybridized carbons (Fsp3) is 0.0526. The predicted molar refractivity (Wildman–Crippen MR) is 103 cm³/mol. The lowest BCUT2D eigenvalue weighted by Crippen LogP contribution is -2.22. The van der Waals surface area contributed by atoms with Gasteiger partial charge in [-0.25, -0.2) is 0 Å². The lowest BCUT2D eigenvalue weighted by atomic mass is 10.1. The Labute approximate surface area is 158 Å². The highest BCUT2D eigenvalue weighted by Crippen LogP contribution is 2.33. The molecule has 2 aromatic carbocycles. The number of nitrogens with zero attached hydrogens (tertiary/aromatic N) is 2. The summed E-state index contributed by atoms with van der Waals surface area (Å²) in [6.07, 6.45) is 1.53. The first-order valence-electron chi connectivity index (χ1n) is 8.06. The molecule has 0 atom stereocenters. The van der Waals surface area contributed by atoms with E-state index in [0.717, 1.165) is 11.1 Å². The Morgan fingerprint density at radius 3 is 2.70 bits per heavy atom. The highest BCUT2D eigenvalue weighted by Gasteiger charge is 2.21. The van der Waals surface area contributed by atoms with Crippen LogP contribution in [0.15, 0.2) is 54.7 Å². The number of anilines is 1. The highest BCUT2D eigenvalue weighted by atomic mass is 32.1. The first kappa shape index (κ1) is 16.9. The van der Waals surface area contributed by atoms with E-state index in [1.165, 1.54) is 17.5 Å². The van der Waals surface area contributed by atoms with Gasteiger partial charge in [0.05, 0.1) is 18.2 Å². The molecule has 4 aromatic rings. The molecule has 134 valence electrons. The molecule has 0 unspecified atom stereocenters. The molecule has 2 heterocycles. The van der Waals surface area contributed by atoms with Crippen molar-refractivity contribution in [3.05, 3.63) is 60.3 Å². The van der Waals surface area contributed by atoms with Gasteiger partial charge >= 0.3 is 0 Å². The van der Waals surface area contributed by atoms with Crippen LogP contribution in [-0.2, 0) is 4.79 Å². The molecule has 0 aliphatic heterocycles. The van der Waals surface area contributed by atoms with Gasteiger partial charge in [-0.2, -0.15) is 0 Å². The monoisotopic (exact) mass is 378 g/mol. The number of aromatic amines is 1. The first-order valence-corrected chi connectivity index (χ1v) is 8.87. The summed E-state index contributed by atoms with van der Waals surface area (Å²) in [4.78, 5) is 27.9. The van der Waals surface area contributed by atoms with E-state index in [1.54, 1.807) is 13.2 Å². The van der Waals surface area contributed by atoms with Gasteiger partial charge in [-0.05, 0) is 18.2 Å². The molecule has 0 spiro atoms. The zero-order valence-corrected chi connectivity index (χ0v) is 15.0. The molecule has 2 aromatic heterocycles. The van der Waals surface area contributed by atoms with Gasteiger partial charge in [0.15, 0.2) is 5.01 Å². The zero-order valence-electron chi connectivity index (χ0n) is 14.2. The van der Waals surface area contributed by atoms with E-state index in [9.17, 15) is 9.59 Å². The van der Waals surface area contributed by atoms with Crippen LogP contribution in [0.3, 0.4) is 0 Å². The van der Waals surface area contributed by atoms with Gasteiger partial charge in [0.25, 0.3) is 11.7 Å². The minimum absolute atomic E-state index is 0.245. The molecule has 0 saturated heterocycles. The summed E-state index contributed by atoms with van der Waals surface area (Å²) in [5.74, 6) is -0.745. The number of ether oxygens (including phenoxy) is 1. The average Bonchev–Trinajstić information content (AvgIpc) is 3.34. The molecule has 0 aliphatic carbocycles. The molecule has 27 heavy (non-hydrogen) atoms. The van der Waals surface area contributed by atoms with E-state index >= 15 is 0 Å². The quantitative estimate of drug-likeness (QED) is 0.409. The topological polar surface area (TPSA) is 97.0 Å². The smallest absolute Gasteiger partial charge is 0.298 e. The molecule has 7 nitrogen and oxygen atoms in total. The van der Waals surface area contributed by atoms with Gasteiger partial charge in [-0.1, -0.05) is 41.7 Å². The van der Waals surface area contributed by atoms with Gasteiger partial charge in [0.1, 0.15) is 5.75 Å². The summed E-state index contributed by atoms with van der Waals surface area (Å²) in [5, 5.41) is 12.1. The third-order valence-corrected chi connectivity index (χ3v) is 4.89. The number of methoxy groups -OCH3 is 1. The van der Waals surface area contributed by atoms with E-state index in [0.29, 0.717) is 21.7 Å². The maximum absolute atomic E-state index is 12.5. The van der Waals surface area contributed by atoms with E-state index in [1.807, 2.05) is 42.5 Å². The summed E-state index contributed by atoms with van der Waals surface area (Å²) in [5.41, 5.74) is 1.88. The molecule has 0 radical (unpaired) electrons. The molecule has 4 rings (SSSR count). The third-order valence-electron chi connectivity index (χ3n) is 4.02. The standard InChI is InChI=1S/C19H14N4O3S/c1-26-15-9-5-3-7-12(15)18-22-23-19(27-18)21-17(25)16(24)13-10-20-14-8-4-2-6-11(13)14/h2-10,20H,1H3,(H,21,23,25). The van der Waals surface area contributed by atoms with Crippen LogP contribution in [-0.4, -0.2) is 34.0 Å². The summed E-state index contributed by atoms with van der Waals surface area (Å²) in [7, 11) is 1.57. The summed E-state index contributed by atoms with van der Waals surface area (Å²) in [6.45, 7) is 0. The highest BCUT2D eigenvalue weighted by molar-refractivity contribution is 7.18. The Morgan fingerprint density at radius 1 is 1.07 bits per heavy atom. The largest absolute Gasteiger partial charge is 0.496 e. The lowest BCUT2D eigenvalue weighted by Gasteiger charge is -2.03. The lowest BCUT2D eigenvalue weighted by molar-refractivity contribution is -0.112. The van der Waals surface area contributed by atoms with Gasteiger partial charge in [0.2, 0.25) is 5.13 Å². The number of ketones is 1. The molecule has 0 aliphatic rings. The van der Waals surface area contributed by atoms with Crippen molar-refractivity contribution in [3.63, 3.8) is 0 Å². The van der Waals surface area contributed by atoms with Crippen molar-refractivity contribution in [2.75, 3.05) is 12.4 Å². The number of carbonyl (C=O) groups excluding carboxylic acids is 2. The average molecular weight is 378 g/mol. The summed E-state index contributed by atoms with van der Waals surface area (Å²) >= 11 is 1.17. The Morgan fingerprint density at radius 2 is 1.85 bits per heavy atom. The zero-order chi connectivity index (χ0) is 18.8. The Bertz CT molecular complexity index is 1150. The van der Waals surface area contributed by atoms with Crippen molar-refractivity contribution in [3.8, 4) is 16.3 Å². The Balaban J connectivity index is 1.55. The number of hydrogen-bond donors (Lipinski definition) is 2. The van der Waals surface area contributed by atoms with Crippen LogP contribution in [0.25, 0.3) is 21.5 Å². The van der Waals surface area contributed by atoms with Crippen molar-refractivity contribution in [1.29, 1.82) is 0 Å². The number of Topliss-reactive ketones (excluding diaryl/α,β-unsaturated/α-hetero) is 1. The molecule has 8 heteroatoms. The van der Waals surface area contributed by atoms with E-state index in [-0.39, 0.29) is 5.13 Å². The first-order chi connectivity index (χ1) is 13.2. The second kappa shape index (κ2) is 7.00.